The SMILES string of the molecule is C=C(/C=C\C=C(/C)OC)[C@H]1CCN(C(=O)OC(C)(C)C)C[C@@H]1CO. The van der Waals surface area contributed by atoms with Crippen molar-refractivity contribution in [1.82, 2.24) is 4.90 Å². The highest BCUT2D eigenvalue weighted by atomic mass is 16.6. The third-order valence-corrected chi connectivity index (χ3v) is 4.06. The Kier molecular flexibility index (Phi) is 7.55. The lowest BCUT2D eigenvalue weighted by Gasteiger charge is -2.38. The molecule has 0 aliphatic carbocycles. The summed E-state index contributed by atoms with van der Waals surface area (Å²) in [6.07, 6.45) is 6.16. The Bertz CT molecular complexity index is 502. The van der Waals surface area contributed by atoms with Crippen LogP contribution in [-0.2, 0) is 9.47 Å². The fraction of sp³-hybridized carbons (Fsp3) is 0.632. The van der Waals surface area contributed by atoms with Gasteiger partial charge in [-0.2, -0.15) is 0 Å². The van der Waals surface area contributed by atoms with E-state index in [1.165, 1.54) is 0 Å². The number of aliphatic hydroxyl groups is 1. The molecule has 1 aliphatic heterocycles. The van der Waals surface area contributed by atoms with Gasteiger partial charge in [-0.3, -0.25) is 0 Å². The van der Waals surface area contributed by atoms with Crippen molar-refractivity contribution >= 4 is 6.09 Å². The van der Waals surface area contributed by atoms with Gasteiger partial charge in [0.25, 0.3) is 0 Å². The molecule has 0 aromatic carbocycles. The molecule has 0 aromatic heterocycles. The summed E-state index contributed by atoms with van der Waals surface area (Å²) >= 11 is 0. The van der Waals surface area contributed by atoms with Gasteiger partial charge >= 0.3 is 6.09 Å². The first kappa shape index (κ1) is 20.3. The molecule has 1 aliphatic rings. The van der Waals surface area contributed by atoms with Crippen LogP contribution in [0.15, 0.2) is 36.1 Å². The number of nitrogens with zero attached hydrogens (tertiary/aromatic N) is 1. The minimum atomic E-state index is -0.513. The fourth-order valence-electron chi connectivity index (χ4n) is 2.70. The van der Waals surface area contributed by atoms with Crippen molar-refractivity contribution in [3.8, 4) is 0 Å². The van der Waals surface area contributed by atoms with Gasteiger partial charge in [0.15, 0.2) is 0 Å². The van der Waals surface area contributed by atoms with E-state index in [9.17, 15) is 9.90 Å². The smallest absolute Gasteiger partial charge is 0.410 e. The zero-order chi connectivity index (χ0) is 18.3. The summed E-state index contributed by atoms with van der Waals surface area (Å²) in [5, 5.41) is 9.72. The molecule has 1 saturated heterocycles. The van der Waals surface area contributed by atoms with Crippen LogP contribution in [0.2, 0.25) is 0 Å². The Morgan fingerprint density at radius 2 is 2.08 bits per heavy atom. The van der Waals surface area contributed by atoms with Crippen LogP contribution in [-0.4, -0.2) is 48.5 Å². The van der Waals surface area contributed by atoms with E-state index < -0.39 is 5.60 Å². The summed E-state index contributed by atoms with van der Waals surface area (Å²) < 4.78 is 10.5. The maximum absolute atomic E-state index is 12.2. The monoisotopic (exact) mass is 337 g/mol. The van der Waals surface area contributed by atoms with E-state index in [-0.39, 0.29) is 24.5 Å². The van der Waals surface area contributed by atoms with E-state index in [0.717, 1.165) is 17.8 Å². The van der Waals surface area contributed by atoms with Crippen LogP contribution in [0, 0.1) is 11.8 Å². The van der Waals surface area contributed by atoms with Crippen LogP contribution < -0.4 is 0 Å². The van der Waals surface area contributed by atoms with Crippen LogP contribution in [0.1, 0.15) is 34.1 Å². The number of carbonyl (C=O) groups excluding carboxylic acids is 1. The van der Waals surface area contributed by atoms with Gasteiger partial charge in [-0.05, 0) is 46.1 Å². The maximum Gasteiger partial charge on any atom is 0.410 e. The number of ether oxygens (including phenoxy) is 2. The van der Waals surface area contributed by atoms with Crippen LogP contribution in [0.5, 0.6) is 0 Å². The van der Waals surface area contributed by atoms with Crippen LogP contribution in [0.3, 0.4) is 0 Å². The van der Waals surface area contributed by atoms with E-state index in [1.807, 2.05) is 45.9 Å². The predicted octanol–water partition coefficient (Wildman–Crippen LogP) is 3.51. The number of carbonyl (C=O) groups is 1. The second-order valence-electron chi connectivity index (χ2n) is 7.18. The Labute approximate surface area is 145 Å². The van der Waals surface area contributed by atoms with Crippen LogP contribution in [0.4, 0.5) is 4.79 Å². The molecule has 1 heterocycles. The molecular weight excluding hydrogens is 306 g/mol. The topological polar surface area (TPSA) is 59.0 Å². The quantitative estimate of drug-likeness (QED) is 0.616. The maximum atomic E-state index is 12.2. The van der Waals surface area contributed by atoms with Gasteiger partial charge in [0.1, 0.15) is 5.60 Å². The molecule has 0 unspecified atom stereocenters. The molecule has 0 spiro atoms. The first-order valence-electron chi connectivity index (χ1n) is 8.34. The van der Waals surface area contributed by atoms with Crippen molar-refractivity contribution in [2.75, 3.05) is 26.8 Å². The Morgan fingerprint density at radius 1 is 1.42 bits per heavy atom. The zero-order valence-corrected chi connectivity index (χ0v) is 15.5. The van der Waals surface area contributed by atoms with E-state index in [4.69, 9.17) is 9.47 Å². The van der Waals surface area contributed by atoms with Gasteiger partial charge in [0.2, 0.25) is 0 Å². The highest BCUT2D eigenvalue weighted by Gasteiger charge is 2.33. The number of hydrogen-bond acceptors (Lipinski definition) is 4. The molecule has 2 atom stereocenters. The normalized spacial score (nSPS) is 22.6. The molecule has 1 amide bonds. The molecule has 1 fully saturated rings. The number of hydrogen-bond donors (Lipinski definition) is 1. The van der Waals surface area contributed by atoms with Gasteiger partial charge in [0.05, 0.1) is 12.9 Å². The van der Waals surface area contributed by atoms with E-state index in [2.05, 4.69) is 6.58 Å². The molecule has 24 heavy (non-hydrogen) atoms. The Balaban J connectivity index is 2.68. The first-order valence-corrected chi connectivity index (χ1v) is 8.34. The summed E-state index contributed by atoms with van der Waals surface area (Å²) in [4.78, 5) is 13.9. The summed E-state index contributed by atoms with van der Waals surface area (Å²) in [5.41, 5.74) is 0.443. The van der Waals surface area contributed by atoms with Gasteiger partial charge < -0.3 is 19.5 Å². The van der Waals surface area contributed by atoms with Crippen molar-refractivity contribution in [3.63, 3.8) is 0 Å². The lowest BCUT2D eigenvalue weighted by Crippen LogP contribution is -2.47. The van der Waals surface area contributed by atoms with E-state index in [0.29, 0.717) is 13.1 Å². The van der Waals surface area contributed by atoms with E-state index >= 15 is 0 Å². The zero-order valence-electron chi connectivity index (χ0n) is 15.5. The summed E-state index contributed by atoms with van der Waals surface area (Å²) in [6, 6.07) is 0. The van der Waals surface area contributed by atoms with Crippen molar-refractivity contribution in [2.24, 2.45) is 11.8 Å². The standard InChI is InChI=1S/C19H31NO4/c1-14(8-7-9-15(2)23-6)17-10-11-20(12-16(17)13-21)18(22)24-19(3,4)5/h7-9,16-17,21H,1,10-13H2,2-6H3/b8-7-,15-9+/t16-,17-/m1/s1. The van der Waals surface area contributed by atoms with Gasteiger partial charge in [-0.1, -0.05) is 24.3 Å². The second-order valence-corrected chi connectivity index (χ2v) is 7.18. The van der Waals surface area contributed by atoms with E-state index in [1.54, 1.807) is 12.0 Å². The fourth-order valence-corrected chi connectivity index (χ4v) is 2.70. The molecule has 5 heteroatoms. The molecule has 136 valence electrons. The van der Waals surface area contributed by atoms with Crippen LogP contribution in [0.25, 0.3) is 0 Å². The van der Waals surface area contributed by atoms with Crippen molar-refractivity contribution in [2.45, 2.75) is 39.7 Å². The molecule has 1 rings (SSSR count). The number of aliphatic hydroxyl groups excluding tert-OH is 1. The number of allylic oxidation sites excluding steroid dienone is 5. The Hall–Kier alpha value is -1.75. The minimum Gasteiger partial charge on any atom is -0.501 e. The number of rotatable bonds is 5. The molecule has 0 bridgehead atoms. The summed E-state index contributed by atoms with van der Waals surface area (Å²) in [5.74, 6) is 0.939. The lowest BCUT2D eigenvalue weighted by molar-refractivity contribution is 0.00746. The third kappa shape index (κ3) is 6.40. The number of methoxy groups -OCH3 is 1. The minimum absolute atomic E-state index is 0.0176. The molecule has 0 aromatic rings. The molecular formula is C19H31NO4. The summed E-state index contributed by atoms with van der Waals surface area (Å²) in [7, 11) is 1.63. The van der Waals surface area contributed by atoms with Crippen molar-refractivity contribution in [1.29, 1.82) is 0 Å². The second kappa shape index (κ2) is 8.92. The number of piperidine rings is 1. The number of likely N-dealkylation sites (tertiary alicyclic amines) is 1. The largest absolute Gasteiger partial charge is 0.501 e. The van der Waals surface area contributed by atoms with Crippen molar-refractivity contribution in [3.05, 3.63) is 36.1 Å². The Morgan fingerprint density at radius 3 is 2.62 bits per heavy atom. The molecule has 0 radical (unpaired) electrons. The van der Waals surface area contributed by atoms with Crippen LogP contribution >= 0.6 is 0 Å². The van der Waals surface area contributed by atoms with Gasteiger partial charge in [-0.15, -0.1) is 0 Å². The van der Waals surface area contributed by atoms with Crippen molar-refractivity contribution < 1.29 is 19.4 Å². The molecule has 1 N–H and O–H groups in total. The summed E-state index contributed by atoms with van der Waals surface area (Å²) in [6.45, 7) is 12.7. The number of amides is 1. The lowest BCUT2D eigenvalue weighted by atomic mass is 9.81. The molecule has 0 saturated carbocycles. The van der Waals surface area contributed by atoms with Gasteiger partial charge in [0, 0.05) is 25.6 Å². The first-order chi connectivity index (χ1) is 11.2. The third-order valence-electron chi connectivity index (χ3n) is 4.06. The average Bonchev–Trinajstić information content (AvgIpc) is 2.52. The highest BCUT2D eigenvalue weighted by molar-refractivity contribution is 5.68. The molecule has 5 nitrogen and oxygen atoms in total. The average molecular weight is 337 g/mol. The highest BCUT2D eigenvalue weighted by Crippen LogP contribution is 2.30. The predicted molar refractivity (Wildman–Crippen MR) is 95.5 cm³/mol. The van der Waals surface area contributed by atoms with Gasteiger partial charge in [-0.25, -0.2) is 4.79 Å².